The van der Waals surface area contributed by atoms with Crippen LogP contribution >= 0.6 is 0 Å². The summed E-state index contributed by atoms with van der Waals surface area (Å²) >= 11 is 0. The van der Waals surface area contributed by atoms with Crippen LogP contribution in [0.25, 0.3) is 33.2 Å². The Morgan fingerprint density at radius 3 is 2.50 bits per heavy atom. The number of rotatable bonds is 3. The van der Waals surface area contributed by atoms with Gasteiger partial charge in [-0.25, -0.2) is 8.78 Å². The topological polar surface area (TPSA) is 12.9 Å². The predicted octanol–water partition coefficient (Wildman–Crippen LogP) is 8.81. The summed E-state index contributed by atoms with van der Waals surface area (Å²) in [5.41, 5.74) is 10.8. The highest BCUT2D eigenvalue weighted by Crippen LogP contribution is 2.46. The van der Waals surface area contributed by atoms with Crippen molar-refractivity contribution in [1.29, 1.82) is 0 Å². The Morgan fingerprint density at radius 2 is 1.74 bits per heavy atom. The maximum atomic E-state index is 13.9. The zero-order valence-corrected chi connectivity index (χ0v) is 20.0. The van der Waals surface area contributed by atoms with Crippen molar-refractivity contribution < 1.29 is 8.78 Å². The molecule has 4 aromatic rings. The van der Waals surface area contributed by atoms with E-state index >= 15 is 0 Å². The Bertz CT molecular complexity index is 1430. The third kappa shape index (κ3) is 3.53. The highest BCUT2D eigenvalue weighted by atomic mass is 19.3. The van der Waals surface area contributed by atoms with E-state index in [2.05, 4.69) is 81.4 Å². The van der Waals surface area contributed by atoms with Crippen molar-refractivity contribution in [2.24, 2.45) is 0 Å². The number of hydrogen-bond donors (Lipinski definition) is 0. The lowest BCUT2D eigenvalue weighted by Crippen LogP contribution is -2.09. The van der Waals surface area contributed by atoms with Gasteiger partial charge in [0.1, 0.15) is 0 Å². The first-order chi connectivity index (χ1) is 16.3. The van der Waals surface area contributed by atoms with E-state index in [4.69, 9.17) is 4.98 Å². The number of nitrogens with zero attached hydrogens (tertiary/aromatic N) is 1. The Labute approximate surface area is 199 Å². The molecule has 1 unspecified atom stereocenters. The summed E-state index contributed by atoms with van der Waals surface area (Å²) in [5.74, 6) is -2.34. The number of halogens is 2. The fourth-order valence-corrected chi connectivity index (χ4v) is 5.87. The molecule has 3 aromatic carbocycles. The zero-order valence-electron chi connectivity index (χ0n) is 20.0. The molecule has 1 heterocycles. The van der Waals surface area contributed by atoms with Crippen molar-refractivity contribution in [2.45, 2.75) is 64.2 Å². The molecule has 6 rings (SSSR count). The Morgan fingerprint density at radius 1 is 0.941 bits per heavy atom. The second-order valence-corrected chi connectivity index (χ2v) is 10.5. The van der Waals surface area contributed by atoms with E-state index in [1.54, 1.807) is 0 Å². The summed E-state index contributed by atoms with van der Waals surface area (Å²) in [7, 11) is 0. The molecule has 0 spiro atoms. The van der Waals surface area contributed by atoms with Gasteiger partial charge < -0.3 is 0 Å². The molecule has 0 N–H and O–H groups in total. The van der Waals surface area contributed by atoms with Crippen LogP contribution in [0.4, 0.5) is 8.78 Å². The van der Waals surface area contributed by atoms with E-state index in [1.807, 2.05) is 0 Å². The van der Waals surface area contributed by atoms with Gasteiger partial charge in [-0.15, -0.1) is 0 Å². The van der Waals surface area contributed by atoms with E-state index in [-0.39, 0.29) is 24.7 Å². The molecule has 0 aliphatic heterocycles. The Balaban J connectivity index is 1.55. The van der Waals surface area contributed by atoms with E-state index in [0.717, 1.165) is 34.1 Å². The van der Waals surface area contributed by atoms with Gasteiger partial charge in [0.2, 0.25) is 5.92 Å². The predicted molar refractivity (Wildman–Crippen MR) is 136 cm³/mol. The van der Waals surface area contributed by atoms with Crippen LogP contribution in [0.3, 0.4) is 0 Å². The van der Waals surface area contributed by atoms with Crippen LogP contribution in [0, 0.1) is 6.92 Å². The molecule has 1 nitrogen and oxygen atoms in total. The van der Waals surface area contributed by atoms with E-state index in [0.29, 0.717) is 6.42 Å². The summed E-state index contributed by atoms with van der Waals surface area (Å²) in [5, 5.41) is 2.20. The van der Waals surface area contributed by atoms with Crippen molar-refractivity contribution in [1.82, 2.24) is 4.98 Å². The Kier molecular flexibility index (Phi) is 4.88. The van der Waals surface area contributed by atoms with Gasteiger partial charge in [0.15, 0.2) is 0 Å². The van der Waals surface area contributed by atoms with E-state index in [1.165, 1.54) is 33.4 Å². The largest absolute Gasteiger partial charge is 0.252 e. The standard InChI is InChI=1S/C31H29F2N/c1-18(2)29-16-23-14-20(22-10-11-31(32,33)17-22)8-9-25(23)30(34-29)28-13-19(3)12-26-24-7-5-4-6-21(24)15-27(26)28/h4-9,12-14,16,18,22H,10-11,15,17H2,1-3H3. The average molecular weight is 454 g/mol. The second-order valence-electron chi connectivity index (χ2n) is 10.5. The first kappa shape index (κ1) is 21.5. The van der Waals surface area contributed by atoms with Crippen LogP contribution in [-0.4, -0.2) is 10.9 Å². The second kappa shape index (κ2) is 7.73. The number of benzene rings is 3. The number of aryl methyl sites for hydroxylation is 1. The minimum atomic E-state index is -2.54. The first-order valence-electron chi connectivity index (χ1n) is 12.3. The van der Waals surface area contributed by atoms with Crippen LogP contribution in [-0.2, 0) is 6.42 Å². The van der Waals surface area contributed by atoms with Crippen molar-refractivity contribution >= 4 is 10.8 Å². The quantitative estimate of drug-likeness (QED) is 0.266. The minimum Gasteiger partial charge on any atom is -0.252 e. The first-order valence-corrected chi connectivity index (χ1v) is 12.3. The molecule has 34 heavy (non-hydrogen) atoms. The molecule has 2 aliphatic rings. The fourth-order valence-electron chi connectivity index (χ4n) is 5.87. The van der Waals surface area contributed by atoms with E-state index in [9.17, 15) is 8.78 Å². The summed E-state index contributed by atoms with van der Waals surface area (Å²) in [6.07, 6.45) is 1.41. The molecule has 1 aromatic heterocycles. The van der Waals surface area contributed by atoms with Crippen LogP contribution in [0.2, 0.25) is 0 Å². The number of alkyl halides is 2. The van der Waals surface area contributed by atoms with Gasteiger partial charge in [-0.05, 0) is 82.5 Å². The number of aromatic nitrogens is 1. The molecule has 2 aliphatic carbocycles. The highest BCUT2D eigenvalue weighted by Gasteiger charge is 2.40. The van der Waals surface area contributed by atoms with Gasteiger partial charge >= 0.3 is 0 Å². The molecule has 0 radical (unpaired) electrons. The summed E-state index contributed by atoms with van der Waals surface area (Å²) in [6.45, 7) is 6.48. The monoisotopic (exact) mass is 453 g/mol. The molecule has 1 atom stereocenters. The Hall–Kier alpha value is -3.07. The molecule has 0 amide bonds. The SMILES string of the molecule is Cc1cc2c(c(-c3nc(C(C)C)cc4cc(C5CCC(F)(F)C5)ccc34)c1)Cc1ccccc1-2. The molecule has 1 saturated carbocycles. The molecular weight excluding hydrogens is 424 g/mol. The van der Waals surface area contributed by atoms with Gasteiger partial charge in [0, 0.05) is 29.5 Å². The van der Waals surface area contributed by atoms with Gasteiger partial charge in [0.25, 0.3) is 0 Å². The maximum Gasteiger partial charge on any atom is 0.248 e. The molecular formula is C31H29F2N. The highest BCUT2D eigenvalue weighted by molar-refractivity contribution is 5.98. The molecule has 1 fully saturated rings. The van der Waals surface area contributed by atoms with Crippen LogP contribution in [0.1, 0.15) is 72.9 Å². The number of hydrogen-bond acceptors (Lipinski definition) is 1. The summed E-state index contributed by atoms with van der Waals surface area (Å²) in [4.78, 5) is 5.18. The molecule has 172 valence electrons. The molecule has 0 saturated heterocycles. The lowest BCUT2D eigenvalue weighted by molar-refractivity contribution is 0.00777. The van der Waals surface area contributed by atoms with Crippen molar-refractivity contribution in [2.75, 3.05) is 0 Å². The average Bonchev–Trinajstić information content (AvgIpc) is 3.37. The zero-order chi connectivity index (χ0) is 23.6. The lowest BCUT2D eigenvalue weighted by atomic mass is 9.90. The maximum absolute atomic E-state index is 13.9. The third-order valence-electron chi connectivity index (χ3n) is 7.67. The van der Waals surface area contributed by atoms with Crippen LogP contribution in [0.15, 0.2) is 60.7 Å². The van der Waals surface area contributed by atoms with Crippen molar-refractivity contribution in [3.63, 3.8) is 0 Å². The third-order valence-corrected chi connectivity index (χ3v) is 7.67. The lowest BCUT2D eigenvalue weighted by Gasteiger charge is -2.17. The van der Waals surface area contributed by atoms with Gasteiger partial charge in [-0.1, -0.05) is 62.4 Å². The van der Waals surface area contributed by atoms with Crippen molar-refractivity contribution in [3.8, 4) is 22.4 Å². The molecule has 0 bridgehead atoms. The fraction of sp³-hybridized carbons (Fsp3) is 0.323. The van der Waals surface area contributed by atoms with Gasteiger partial charge in [-0.3, -0.25) is 4.98 Å². The molecule has 3 heteroatoms. The number of fused-ring (bicyclic) bond motifs is 4. The van der Waals surface area contributed by atoms with Gasteiger partial charge in [-0.2, -0.15) is 0 Å². The van der Waals surface area contributed by atoms with E-state index < -0.39 is 5.92 Å². The summed E-state index contributed by atoms with van der Waals surface area (Å²) in [6, 6.07) is 21.7. The number of pyridine rings is 1. The normalized spacial score (nSPS) is 18.5. The van der Waals surface area contributed by atoms with Crippen molar-refractivity contribution in [3.05, 3.63) is 88.6 Å². The smallest absolute Gasteiger partial charge is 0.248 e. The van der Waals surface area contributed by atoms with Crippen LogP contribution in [0.5, 0.6) is 0 Å². The van der Waals surface area contributed by atoms with Crippen LogP contribution < -0.4 is 0 Å². The van der Waals surface area contributed by atoms with Gasteiger partial charge in [0.05, 0.1) is 5.69 Å². The minimum absolute atomic E-state index is 0.00939. The summed E-state index contributed by atoms with van der Waals surface area (Å²) < 4.78 is 27.8.